The maximum absolute atomic E-state index is 12.9. The van der Waals surface area contributed by atoms with E-state index in [1.807, 2.05) is 42.5 Å². The second kappa shape index (κ2) is 9.59. The molecular weight excluding hydrogens is 412 g/mol. The minimum Gasteiger partial charge on any atom is -0.495 e. The molecule has 1 amide bonds. The van der Waals surface area contributed by atoms with Crippen molar-refractivity contribution >= 4 is 11.6 Å². The molecule has 1 aromatic heterocycles. The molecule has 0 aliphatic carbocycles. The summed E-state index contributed by atoms with van der Waals surface area (Å²) in [4.78, 5) is 16.8. The largest absolute Gasteiger partial charge is 0.495 e. The van der Waals surface area contributed by atoms with Crippen LogP contribution in [0.4, 0.5) is 5.69 Å². The van der Waals surface area contributed by atoms with Crippen molar-refractivity contribution in [2.45, 2.75) is 6.42 Å². The van der Waals surface area contributed by atoms with E-state index in [4.69, 9.17) is 18.6 Å². The first-order valence-corrected chi connectivity index (χ1v) is 10.3. The molecule has 1 saturated heterocycles. The van der Waals surface area contributed by atoms with Gasteiger partial charge >= 0.3 is 11.8 Å². The van der Waals surface area contributed by atoms with Crippen LogP contribution in [0, 0.1) is 0 Å². The summed E-state index contributed by atoms with van der Waals surface area (Å²) in [6, 6.07) is 13.4. The van der Waals surface area contributed by atoms with E-state index in [2.05, 4.69) is 15.1 Å². The van der Waals surface area contributed by atoms with E-state index in [1.165, 1.54) is 0 Å². The number of amides is 1. The Hall–Kier alpha value is -3.75. The van der Waals surface area contributed by atoms with Gasteiger partial charge in [-0.3, -0.25) is 4.79 Å². The van der Waals surface area contributed by atoms with E-state index in [0.29, 0.717) is 50.0 Å². The fourth-order valence-corrected chi connectivity index (χ4v) is 3.75. The summed E-state index contributed by atoms with van der Waals surface area (Å²) >= 11 is 0. The highest BCUT2D eigenvalue weighted by molar-refractivity contribution is 5.89. The Morgan fingerprint density at radius 2 is 1.62 bits per heavy atom. The number of methoxy groups -OCH3 is 3. The molecular formula is C23H26N4O5. The van der Waals surface area contributed by atoms with E-state index >= 15 is 0 Å². The van der Waals surface area contributed by atoms with Gasteiger partial charge in [0.25, 0.3) is 0 Å². The van der Waals surface area contributed by atoms with Gasteiger partial charge in [0.1, 0.15) is 5.75 Å². The van der Waals surface area contributed by atoms with Crippen molar-refractivity contribution in [1.82, 2.24) is 15.1 Å². The Bertz CT molecular complexity index is 1080. The number of piperazine rings is 1. The second-order valence-electron chi connectivity index (χ2n) is 7.32. The summed E-state index contributed by atoms with van der Waals surface area (Å²) in [6.45, 7) is 2.51. The molecule has 32 heavy (non-hydrogen) atoms. The summed E-state index contributed by atoms with van der Waals surface area (Å²) < 4.78 is 21.7. The number of rotatable bonds is 7. The molecule has 2 aromatic carbocycles. The molecule has 3 aromatic rings. The summed E-state index contributed by atoms with van der Waals surface area (Å²) in [5, 5.41) is 8.02. The first kappa shape index (κ1) is 21.5. The van der Waals surface area contributed by atoms with E-state index in [-0.39, 0.29) is 11.8 Å². The van der Waals surface area contributed by atoms with Crippen LogP contribution < -0.4 is 19.1 Å². The normalized spacial score (nSPS) is 13.7. The smallest absolute Gasteiger partial charge is 0.311 e. The molecule has 0 bridgehead atoms. The van der Waals surface area contributed by atoms with Gasteiger partial charge in [-0.1, -0.05) is 18.2 Å². The number of hydrogen-bond donors (Lipinski definition) is 0. The highest BCUT2D eigenvalue weighted by atomic mass is 16.5. The molecule has 1 aliphatic rings. The topological polar surface area (TPSA) is 90.2 Å². The average Bonchev–Trinajstić information content (AvgIpc) is 3.32. The fourth-order valence-electron chi connectivity index (χ4n) is 3.75. The Kier molecular flexibility index (Phi) is 6.44. The summed E-state index contributed by atoms with van der Waals surface area (Å²) in [7, 11) is 4.83. The van der Waals surface area contributed by atoms with Crippen molar-refractivity contribution in [3.63, 3.8) is 0 Å². The third-order valence-corrected chi connectivity index (χ3v) is 5.45. The van der Waals surface area contributed by atoms with Crippen LogP contribution in [0.1, 0.15) is 22.1 Å². The van der Waals surface area contributed by atoms with Crippen molar-refractivity contribution < 1.29 is 23.4 Å². The molecule has 0 spiro atoms. The van der Waals surface area contributed by atoms with Gasteiger partial charge in [0.15, 0.2) is 11.5 Å². The van der Waals surface area contributed by atoms with Gasteiger partial charge in [-0.15, -0.1) is 10.2 Å². The van der Waals surface area contributed by atoms with Crippen LogP contribution in [0.5, 0.6) is 17.2 Å². The predicted molar refractivity (Wildman–Crippen MR) is 118 cm³/mol. The zero-order valence-electron chi connectivity index (χ0n) is 18.4. The molecule has 4 rings (SSSR count). The molecule has 0 N–H and O–H groups in total. The average molecular weight is 438 g/mol. The SMILES string of the molecule is COc1ccc(Cc2nnc(C(=O)N3CCN(c4ccccc4OC)CC3)o2)cc1OC. The van der Waals surface area contributed by atoms with Crippen molar-refractivity contribution in [2.75, 3.05) is 52.4 Å². The van der Waals surface area contributed by atoms with Crippen LogP contribution in [0.25, 0.3) is 0 Å². The lowest BCUT2D eigenvalue weighted by Crippen LogP contribution is -2.49. The molecule has 2 heterocycles. The van der Waals surface area contributed by atoms with E-state index in [0.717, 1.165) is 17.0 Å². The van der Waals surface area contributed by atoms with Gasteiger partial charge < -0.3 is 28.4 Å². The first-order chi connectivity index (χ1) is 15.6. The van der Waals surface area contributed by atoms with Crippen molar-refractivity contribution in [3.8, 4) is 17.2 Å². The van der Waals surface area contributed by atoms with Gasteiger partial charge in [-0.05, 0) is 29.8 Å². The maximum Gasteiger partial charge on any atom is 0.311 e. The van der Waals surface area contributed by atoms with E-state index in [9.17, 15) is 4.79 Å². The van der Waals surface area contributed by atoms with Crippen molar-refractivity contribution in [3.05, 3.63) is 59.8 Å². The van der Waals surface area contributed by atoms with Gasteiger partial charge in [0.05, 0.1) is 33.4 Å². The number of anilines is 1. The Morgan fingerprint density at radius 3 is 2.34 bits per heavy atom. The van der Waals surface area contributed by atoms with E-state index < -0.39 is 0 Å². The predicted octanol–water partition coefficient (Wildman–Crippen LogP) is 2.65. The molecule has 1 aliphatic heterocycles. The quantitative estimate of drug-likeness (QED) is 0.556. The summed E-state index contributed by atoms with van der Waals surface area (Å²) in [5.74, 6) is 2.21. The minimum absolute atomic E-state index is 0.00576. The van der Waals surface area contributed by atoms with Crippen LogP contribution in [0.2, 0.25) is 0 Å². The molecule has 1 fully saturated rings. The van der Waals surface area contributed by atoms with Crippen LogP contribution in [0.3, 0.4) is 0 Å². The maximum atomic E-state index is 12.9. The number of nitrogens with zero attached hydrogens (tertiary/aromatic N) is 4. The van der Waals surface area contributed by atoms with Crippen molar-refractivity contribution in [2.24, 2.45) is 0 Å². The van der Waals surface area contributed by atoms with Gasteiger partial charge in [0.2, 0.25) is 5.89 Å². The third kappa shape index (κ3) is 4.46. The lowest BCUT2D eigenvalue weighted by Gasteiger charge is -2.36. The number of carbonyl (C=O) groups is 1. The van der Waals surface area contributed by atoms with Gasteiger partial charge in [-0.2, -0.15) is 0 Å². The zero-order valence-corrected chi connectivity index (χ0v) is 18.4. The Morgan fingerprint density at radius 1 is 0.906 bits per heavy atom. The standard InChI is InChI=1S/C23H26N4O5/c1-29-18-7-5-4-6-17(18)26-10-12-27(13-11-26)23(28)22-25-24-21(32-22)15-16-8-9-19(30-2)20(14-16)31-3/h4-9,14H,10-13,15H2,1-3H3. The van der Waals surface area contributed by atoms with Gasteiger partial charge in [0, 0.05) is 26.2 Å². The Balaban J connectivity index is 1.38. The number of aromatic nitrogens is 2. The lowest BCUT2D eigenvalue weighted by atomic mass is 10.1. The zero-order chi connectivity index (χ0) is 22.5. The van der Waals surface area contributed by atoms with Crippen molar-refractivity contribution in [1.29, 1.82) is 0 Å². The fraction of sp³-hybridized carbons (Fsp3) is 0.348. The summed E-state index contributed by atoms with van der Waals surface area (Å²) in [5.41, 5.74) is 1.94. The monoisotopic (exact) mass is 438 g/mol. The second-order valence-corrected chi connectivity index (χ2v) is 7.32. The first-order valence-electron chi connectivity index (χ1n) is 10.3. The third-order valence-electron chi connectivity index (χ3n) is 5.45. The highest BCUT2D eigenvalue weighted by Crippen LogP contribution is 2.29. The molecule has 0 unspecified atom stereocenters. The number of hydrogen-bond acceptors (Lipinski definition) is 8. The minimum atomic E-state index is -0.254. The van der Waals surface area contributed by atoms with Crippen LogP contribution in [-0.2, 0) is 6.42 Å². The molecule has 0 radical (unpaired) electrons. The number of para-hydroxylation sites is 2. The number of ether oxygens (including phenoxy) is 3. The lowest BCUT2D eigenvalue weighted by molar-refractivity contribution is 0.0704. The highest BCUT2D eigenvalue weighted by Gasteiger charge is 2.27. The van der Waals surface area contributed by atoms with Crippen LogP contribution in [-0.4, -0.2) is 68.5 Å². The summed E-state index contributed by atoms with van der Waals surface area (Å²) in [6.07, 6.45) is 0.391. The van der Waals surface area contributed by atoms with Crippen LogP contribution >= 0.6 is 0 Å². The number of benzene rings is 2. The molecule has 0 saturated carbocycles. The van der Waals surface area contributed by atoms with Gasteiger partial charge in [-0.25, -0.2) is 0 Å². The van der Waals surface area contributed by atoms with Crippen LogP contribution in [0.15, 0.2) is 46.9 Å². The van der Waals surface area contributed by atoms with E-state index in [1.54, 1.807) is 26.2 Å². The molecule has 9 nitrogen and oxygen atoms in total. The Labute approximate surface area is 186 Å². The molecule has 0 atom stereocenters. The number of carbonyl (C=O) groups excluding carboxylic acids is 1. The molecule has 9 heteroatoms. The molecule has 168 valence electrons.